The van der Waals surface area contributed by atoms with Gasteiger partial charge in [0.1, 0.15) is 0 Å². The maximum atomic E-state index is 4.41. The van der Waals surface area contributed by atoms with Crippen LogP contribution in [0, 0.1) is 18.8 Å². The van der Waals surface area contributed by atoms with E-state index in [2.05, 4.69) is 21.8 Å². The fraction of sp³-hybridized carbons (Fsp3) is 0.750. The third-order valence-corrected chi connectivity index (χ3v) is 4.12. The number of imidazole rings is 1. The monoisotopic (exact) mass is 205 g/mol. The molecule has 15 heavy (non-hydrogen) atoms. The summed E-state index contributed by atoms with van der Waals surface area (Å²) in [5, 5.41) is 3.48. The number of hydrogen-bond acceptors (Lipinski definition) is 2. The summed E-state index contributed by atoms with van der Waals surface area (Å²) in [6.45, 7) is 5.77. The van der Waals surface area contributed by atoms with Gasteiger partial charge in [-0.3, -0.25) is 0 Å². The predicted octanol–water partition coefficient (Wildman–Crippen LogP) is 1.36. The zero-order valence-corrected chi connectivity index (χ0v) is 9.37. The van der Waals surface area contributed by atoms with E-state index in [1.54, 1.807) is 0 Å². The second kappa shape index (κ2) is 3.63. The Morgan fingerprint density at radius 3 is 3.13 bits per heavy atom. The quantitative estimate of drug-likeness (QED) is 0.750. The maximum absolute atomic E-state index is 4.41. The average Bonchev–Trinajstić information content (AvgIpc) is 2.88. The number of aromatic nitrogens is 2. The van der Waals surface area contributed by atoms with Crippen LogP contribution < -0.4 is 5.32 Å². The lowest BCUT2D eigenvalue weighted by molar-refractivity contribution is 0.284. The fourth-order valence-corrected chi connectivity index (χ4v) is 3.10. The van der Waals surface area contributed by atoms with Crippen molar-refractivity contribution in [2.75, 3.05) is 13.1 Å². The van der Waals surface area contributed by atoms with E-state index >= 15 is 0 Å². The predicted molar refractivity (Wildman–Crippen MR) is 59.8 cm³/mol. The summed E-state index contributed by atoms with van der Waals surface area (Å²) in [4.78, 5) is 4.41. The number of nitrogens with zero attached hydrogens (tertiary/aromatic N) is 2. The molecule has 3 rings (SSSR count). The topological polar surface area (TPSA) is 29.9 Å². The molecule has 3 heteroatoms. The van der Waals surface area contributed by atoms with Crippen molar-refractivity contribution in [3.8, 4) is 0 Å². The van der Waals surface area contributed by atoms with Gasteiger partial charge in [-0.1, -0.05) is 0 Å². The molecule has 2 aliphatic rings. The SMILES string of the molecule is Cc1ncn2c1CC(C1CCNC1)CC2. The van der Waals surface area contributed by atoms with Crippen molar-refractivity contribution in [2.45, 2.75) is 32.7 Å². The highest BCUT2D eigenvalue weighted by atomic mass is 15.1. The Balaban J connectivity index is 1.78. The molecule has 1 N–H and O–H groups in total. The highest BCUT2D eigenvalue weighted by Crippen LogP contribution is 2.30. The van der Waals surface area contributed by atoms with Gasteiger partial charge in [0.05, 0.1) is 12.0 Å². The summed E-state index contributed by atoms with van der Waals surface area (Å²) in [5.74, 6) is 1.80. The van der Waals surface area contributed by atoms with Crippen molar-refractivity contribution in [2.24, 2.45) is 11.8 Å². The summed E-state index contributed by atoms with van der Waals surface area (Å²) in [6.07, 6.45) is 5.97. The number of hydrogen-bond donors (Lipinski definition) is 1. The number of nitrogens with one attached hydrogen (secondary N) is 1. The molecule has 1 saturated heterocycles. The van der Waals surface area contributed by atoms with E-state index in [0.717, 1.165) is 11.8 Å². The molecule has 2 atom stereocenters. The van der Waals surface area contributed by atoms with Crippen LogP contribution in [0.25, 0.3) is 0 Å². The van der Waals surface area contributed by atoms with Gasteiger partial charge in [-0.05, 0) is 51.1 Å². The fourth-order valence-electron chi connectivity index (χ4n) is 3.10. The molecular formula is C12H19N3. The van der Waals surface area contributed by atoms with E-state index in [0.29, 0.717) is 0 Å². The van der Waals surface area contributed by atoms with Crippen LogP contribution in [-0.4, -0.2) is 22.6 Å². The van der Waals surface area contributed by atoms with Gasteiger partial charge in [0, 0.05) is 12.2 Å². The maximum Gasteiger partial charge on any atom is 0.0951 e. The van der Waals surface area contributed by atoms with Gasteiger partial charge in [-0.2, -0.15) is 0 Å². The molecule has 2 aliphatic heterocycles. The second-order valence-electron chi connectivity index (χ2n) is 4.98. The molecule has 1 fully saturated rings. The first-order valence-corrected chi connectivity index (χ1v) is 6.06. The molecule has 0 aliphatic carbocycles. The molecule has 0 saturated carbocycles. The molecule has 1 aromatic rings. The zero-order chi connectivity index (χ0) is 10.3. The Morgan fingerprint density at radius 2 is 2.33 bits per heavy atom. The second-order valence-corrected chi connectivity index (χ2v) is 4.98. The Morgan fingerprint density at radius 1 is 1.40 bits per heavy atom. The van der Waals surface area contributed by atoms with Crippen molar-refractivity contribution in [1.29, 1.82) is 0 Å². The van der Waals surface area contributed by atoms with E-state index in [1.165, 1.54) is 50.3 Å². The molecule has 3 nitrogen and oxygen atoms in total. The molecule has 2 unspecified atom stereocenters. The minimum absolute atomic E-state index is 0.892. The van der Waals surface area contributed by atoms with Gasteiger partial charge in [-0.25, -0.2) is 4.98 Å². The van der Waals surface area contributed by atoms with Crippen LogP contribution in [0.4, 0.5) is 0 Å². The summed E-state index contributed by atoms with van der Waals surface area (Å²) in [6, 6.07) is 0. The minimum Gasteiger partial charge on any atom is -0.334 e. The van der Waals surface area contributed by atoms with Crippen molar-refractivity contribution >= 4 is 0 Å². The molecule has 0 spiro atoms. The van der Waals surface area contributed by atoms with E-state index in [9.17, 15) is 0 Å². The summed E-state index contributed by atoms with van der Waals surface area (Å²) in [7, 11) is 0. The first-order chi connectivity index (χ1) is 7.34. The smallest absolute Gasteiger partial charge is 0.0951 e. The zero-order valence-electron chi connectivity index (χ0n) is 9.37. The van der Waals surface area contributed by atoms with Crippen LogP contribution in [0.1, 0.15) is 24.2 Å². The third-order valence-electron chi connectivity index (χ3n) is 4.12. The van der Waals surface area contributed by atoms with E-state index in [4.69, 9.17) is 0 Å². The van der Waals surface area contributed by atoms with Crippen molar-refractivity contribution < 1.29 is 0 Å². The van der Waals surface area contributed by atoms with E-state index < -0.39 is 0 Å². The Hall–Kier alpha value is -0.830. The van der Waals surface area contributed by atoms with Crippen LogP contribution in [0.2, 0.25) is 0 Å². The van der Waals surface area contributed by atoms with Gasteiger partial charge in [0.15, 0.2) is 0 Å². The standard InChI is InChI=1S/C12H19N3/c1-9-12-6-10(11-2-4-13-7-11)3-5-15(12)8-14-9/h8,10-11,13H,2-7H2,1H3. The molecule has 82 valence electrons. The Bertz CT molecular complexity index is 350. The molecular weight excluding hydrogens is 186 g/mol. The van der Waals surface area contributed by atoms with Gasteiger partial charge < -0.3 is 9.88 Å². The highest BCUT2D eigenvalue weighted by Gasteiger charge is 2.29. The molecule has 0 radical (unpaired) electrons. The van der Waals surface area contributed by atoms with Crippen LogP contribution in [0.3, 0.4) is 0 Å². The van der Waals surface area contributed by atoms with Crippen molar-refractivity contribution in [3.05, 3.63) is 17.7 Å². The third kappa shape index (κ3) is 1.59. The average molecular weight is 205 g/mol. The lowest BCUT2D eigenvalue weighted by Crippen LogP contribution is -2.26. The van der Waals surface area contributed by atoms with Gasteiger partial charge >= 0.3 is 0 Å². The van der Waals surface area contributed by atoms with Gasteiger partial charge in [0.2, 0.25) is 0 Å². The summed E-state index contributed by atoms with van der Waals surface area (Å²) >= 11 is 0. The van der Waals surface area contributed by atoms with Crippen LogP contribution in [0.5, 0.6) is 0 Å². The van der Waals surface area contributed by atoms with Gasteiger partial charge in [0.25, 0.3) is 0 Å². The highest BCUT2D eigenvalue weighted by molar-refractivity contribution is 5.14. The Labute approximate surface area is 90.9 Å². The van der Waals surface area contributed by atoms with Gasteiger partial charge in [-0.15, -0.1) is 0 Å². The number of aryl methyl sites for hydroxylation is 2. The minimum atomic E-state index is 0.892. The number of fused-ring (bicyclic) bond motifs is 1. The molecule has 0 amide bonds. The largest absolute Gasteiger partial charge is 0.334 e. The lowest BCUT2D eigenvalue weighted by atomic mass is 9.83. The van der Waals surface area contributed by atoms with E-state index in [1.807, 2.05) is 6.33 Å². The van der Waals surface area contributed by atoms with Crippen LogP contribution in [0.15, 0.2) is 6.33 Å². The molecule has 3 heterocycles. The number of rotatable bonds is 1. The van der Waals surface area contributed by atoms with Crippen molar-refractivity contribution in [1.82, 2.24) is 14.9 Å². The lowest BCUT2D eigenvalue weighted by Gasteiger charge is -2.28. The summed E-state index contributed by atoms with van der Waals surface area (Å²) < 4.78 is 2.34. The molecule has 0 aromatic carbocycles. The molecule has 0 bridgehead atoms. The van der Waals surface area contributed by atoms with Crippen LogP contribution >= 0.6 is 0 Å². The first kappa shape index (κ1) is 9.40. The normalized spacial score (nSPS) is 30.5. The van der Waals surface area contributed by atoms with Crippen molar-refractivity contribution in [3.63, 3.8) is 0 Å². The van der Waals surface area contributed by atoms with Crippen LogP contribution in [-0.2, 0) is 13.0 Å². The first-order valence-electron chi connectivity index (χ1n) is 6.06. The molecule has 1 aromatic heterocycles. The summed E-state index contributed by atoms with van der Waals surface area (Å²) in [5.41, 5.74) is 2.73. The Kier molecular flexibility index (Phi) is 2.28. The van der Waals surface area contributed by atoms with E-state index in [-0.39, 0.29) is 0 Å².